The van der Waals surface area contributed by atoms with Gasteiger partial charge in [-0.1, -0.05) is 56.4 Å². The molecule has 0 unspecified atom stereocenters. The number of anilines is 1. The van der Waals surface area contributed by atoms with Crippen molar-refractivity contribution < 1.29 is 4.79 Å². The second-order valence-electron chi connectivity index (χ2n) is 7.96. The lowest BCUT2D eigenvalue weighted by atomic mass is 9.86. The first-order chi connectivity index (χ1) is 14.4. The summed E-state index contributed by atoms with van der Waals surface area (Å²) in [7, 11) is 0. The van der Waals surface area contributed by atoms with Crippen molar-refractivity contribution in [3.63, 3.8) is 0 Å². The van der Waals surface area contributed by atoms with Crippen LogP contribution >= 0.6 is 11.3 Å². The highest BCUT2D eigenvalue weighted by atomic mass is 32.1. The molecule has 3 heterocycles. The first kappa shape index (κ1) is 19.9. The van der Waals surface area contributed by atoms with E-state index in [0.29, 0.717) is 10.7 Å². The fourth-order valence-electron chi connectivity index (χ4n) is 3.06. The predicted molar refractivity (Wildman–Crippen MR) is 122 cm³/mol. The molecule has 0 aliphatic rings. The molecule has 0 bridgehead atoms. The summed E-state index contributed by atoms with van der Waals surface area (Å²) in [5.41, 5.74) is 4.70. The maximum atomic E-state index is 12.6. The minimum Gasteiger partial charge on any atom is -0.298 e. The number of benzene rings is 1. The van der Waals surface area contributed by atoms with Gasteiger partial charge in [0, 0.05) is 30.4 Å². The van der Waals surface area contributed by atoms with Crippen LogP contribution in [0, 0.1) is 0 Å². The predicted octanol–water partition coefficient (Wildman–Crippen LogP) is 5.82. The average Bonchev–Trinajstić information content (AvgIpc) is 3.18. The van der Waals surface area contributed by atoms with E-state index in [1.54, 1.807) is 36.9 Å². The number of hydrogen-bond donors (Lipinski definition) is 1. The Hall–Kier alpha value is -3.38. The highest BCUT2D eigenvalue weighted by molar-refractivity contribution is 7.19. The second-order valence-corrected chi connectivity index (χ2v) is 8.95. The highest BCUT2D eigenvalue weighted by Crippen LogP contribution is 2.39. The van der Waals surface area contributed by atoms with Gasteiger partial charge in [0.15, 0.2) is 5.13 Å². The van der Waals surface area contributed by atoms with Gasteiger partial charge in [-0.2, -0.15) is 0 Å². The number of aromatic nitrogens is 3. The Morgan fingerprint density at radius 3 is 2.27 bits per heavy atom. The number of rotatable bonds is 4. The molecule has 0 aliphatic heterocycles. The van der Waals surface area contributed by atoms with Gasteiger partial charge >= 0.3 is 0 Å². The number of hydrogen-bond acceptors (Lipinski definition) is 5. The third-order valence-electron chi connectivity index (χ3n) is 4.74. The largest absolute Gasteiger partial charge is 0.298 e. The van der Waals surface area contributed by atoms with E-state index < -0.39 is 0 Å². The van der Waals surface area contributed by atoms with Crippen LogP contribution in [-0.4, -0.2) is 20.9 Å². The van der Waals surface area contributed by atoms with E-state index in [4.69, 9.17) is 4.98 Å². The van der Waals surface area contributed by atoms with Crippen LogP contribution in [0.1, 0.15) is 36.7 Å². The summed E-state index contributed by atoms with van der Waals surface area (Å²) in [6, 6.07) is 15.9. The Bertz CT molecular complexity index is 1150. The Labute approximate surface area is 179 Å². The van der Waals surface area contributed by atoms with Gasteiger partial charge in [0.05, 0.1) is 16.1 Å². The van der Waals surface area contributed by atoms with Crippen LogP contribution in [0.15, 0.2) is 73.3 Å². The topological polar surface area (TPSA) is 67.8 Å². The molecule has 3 aromatic heterocycles. The zero-order chi connectivity index (χ0) is 21.1. The summed E-state index contributed by atoms with van der Waals surface area (Å²) in [5.74, 6) is -0.229. The zero-order valence-electron chi connectivity index (χ0n) is 17.1. The number of pyridine rings is 2. The lowest BCUT2D eigenvalue weighted by Gasteiger charge is -2.19. The van der Waals surface area contributed by atoms with Gasteiger partial charge in [-0.15, -0.1) is 0 Å². The monoisotopic (exact) mass is 414 g/mol. The van der Waals surface area contributed by atoms with Crippen molar-refractivity contribution in [1.82, 2.24) is 15.0 Å². The Kier molecular flexibility index (Phi) is 5.42. The normalized spacial score (nSPS) is 11.3. The van der Waals surface area contributed by atoms with E-state index in [2.05, 4.69) is 60.3 Å². The molecule has 4 aromatic rings. The minimum absolute atomic E-state index is 0.0863. The smallest absolute Gasteiger partial charge is 0.259 e. The van der Waals surface area contributed by atoms with Crippen LogP contribution in [-0.2, 0) is 5.41 Å². The third kappa shape index (κ3) is 4.28. The summed E-state index contributed by atoms with van der Waals surface area (Å²) in [5, 5.41) is 3.45. The fraction of sp³-hybridized carbons (Fsp3) is 0.167. The van der Waals surface area contributed by atoms with Gasteiger partial charge in [-0.05, 0) is 40.8 Å². The minimum atomic E-state index is -0.229. The molecule has 6 heteroatoms. The molecule has 0 fully saturated rings. The highest BCUT2D eigenvalue weighted by Gasteiger charge is 2.18. The number of nitrogens with zero attached hydrogens (tertiary/aromatic N) is 3. The first-order valence-corrected chi connectivity index (χ1v) is 10.5. The van der Waals surface area contributed by atoms with Crippen LogP contribution in [0.2, 0.25) is 0 Å². The van der Waals surface area contributed by atoms with Crippen molar-refractivity contribution in [1.29, 1.82) is 0 Å². The molecule has 5 nitrogen and oxygen atoms in total. The molecule has 0 spiro atoms. The molecular formula is C24H22N4OS. The second kappa shape index (κ2) is 8.16. The number of carbonyl (C=O) groups excluding carboxylic acids is 1. The maximum Gasteiger partial charge on any atom is 0.259 e. The summed E-state index contributed by atoms with van der Waals surface area (Å²) in [6.45, 7) is 6.59. The van der Waals surface area contributed by atoms with Gasteiger partial charge in [0.2, 0.25) is 0 Å². The van der Waals surface area contributed by atoms with Crippen molar-refractivity contribution in [3.8, 4) is 21.7 Å². The Morgan fingerprint density at radius 2 is 1.63 bits per heavy atom. The van der Waals surface area contributed by atoms with Gasteiger partial charge in [-0.25, -0.2) is 4.98 Å². The van der Waals surface area contributed by atoms with Crippen LogP contribution in [0.25, 0.3) is 21.7 Å². The lowest BCUT2D eigenvalue weighted by Crippen LogP contribution is -2.11. The third-order valence-corrected chi connectivity index (χ3v) is 5.76. The SMILES string of the molecule is CC(C)(C)c1ccc(-c2sc(NC(=O)c3cccnc3)nc2-c2ccncc2)cc1. The fourth-order valence-corrected chi connectivity index (χ4v) is 4.05. The summed E-state index contributed by atoms with van der Waals surface area (Å²) >= 11 is 1.46. The molecule has 0 saturated carbocycles. The van der Waals surface area contributed by atoms with E-state index in [1.807, 2.05) is 12.1 Å². The zero-order valence-corrected chi connectivity index (χ0v) is 17.9. The Morgan fingerprint density at radius 1 is 0.900 bits per heavy atom. The van der Waals surface area contributed by atoms with Crippen LogP contribution < -0.4 is 5.32 Å². The van der Waals surface area contributed by atoms with E-state index in [-0.39, 0.29) is 11.3 Å². The standard InChI is InChI=1S/C24H22N4OS/c1-24(2,3)19-8-6-17(7-9-19)21-20(16-10-13-25-14-11-16)27-23(30-21)28-22(29)18-5-4-12-26-15-18/h4-15H,1-3H3,(H,27,28,29). The quantitative estimate of drug-likeness (QED) is 0.457. The average molecular weight is 415 g/mol. The van der Waals surface area contributed by atoms with Gasteiger partial charge in [-0.3, -0.25) is 20.1 Å². The summed E-state index contributed by atoms with van der Waals surface area (Å²) in [4.78, 5) is 26.4. The molecular weight excluding hydrogens is 392 g/mol. The van der Waals surface area contributed by atoms with E-state index in [1.165, 1.54) is 16.9 Å². The molecule has 0 aliphatic carbocycles. The van der Waals surface area contributed by atoms with Crippen LogP contribution in [0.4, 0.5) is 5.13 Å². The van der Waals surface area contributed by atoms with Crippen LogP contribution in [0.3, 0.4) is 0 Å². The van der Waals surface area contributed by atoms with Crippen molar-refractivity contribution in [2.24, 2.45) is 0 Å². The molecule has 0 saturated heterocycles. The van der Waals surface area contributed by atoms with Crippen molar-refractivity contribution in [2.45, 2.75) is 26.2 Å². The van der Waals surface area contributed by atoms with Crippen LogP contribution in [0.5, 0.6) is 0 Å². The molecule has 1 aromatic carbocycles. The first-order valence-electron chi connectivity index (χ1n) is 9.65. The molecule has 4 rings (SSSR count). The lowest BCUT2D eigenvalue weighted by molar-refractivity contribution is 0.102. The molecule has 1 amide bonds. The summed E-state index contributed by atoms with van der Waals surface area (Å²) < 4.78 is 0. The number of nitrogens with one attached hydrogen (secondary N) is 1. The van der Waals surface area contributed by atoms with Gasteiger partial charge in [0.25, 0.3) is 5.91 Å². The molecule has 1 N–H and O–H groups in total. The van der Waals surface area contributed by atoms with Crippen molar-refractivity contribution >= 4 is 22.4 Å². The molecule has 150 valence electrons. The molecule has 0 atom stereocenters. The van der Waals surface area contributed by atoms with E-state index in [9.17, 15) is 4.79 Å². The molecule has 0 radical (unpaired) electrons. The maximum absolute atomic E-state index is 12.6. The van der Waals surface area contributed by atoms with E-state index in [0.717, 1.165) is 21.7 Å². The Balaban J connectivity index is 1.72. The van der Waals surface area contributed by atoms with Crippen molar-refractivity contribution in [2.75, 3.05) is 5.32 Å². The summed E-state index contributed by atoms with van der Waals surface area (Å²) in [6.07, 6.45) is 6.67. The van der Waals surface area contributed by atoms with E-state index >= 15 is 0 Å². The number of thiazole rings is 1. The van der Waals surface area contributed by atoms with Gasteiger partial charge in [0.1, 0.15) is 0 Å². The molecule has 30 heavy (non-hydrogen) atoms. The number of carbonyl (C=O) groups is 1. The number of amides is 1. The van der Waals surface area contributed by atoms with Gasteiger partial charge < -0.3 is 0 Å². The van der Waals surface area contributed by atoms with Crippen molar-refractivity contribution in [3.05, 3.63) is 84.4 Å².